The van der Waals surface area contributed by atoms with E-state index in [4.69, 9.17) is 0 Å². The van der Waals surface area contributed by atoms with E-state index in [0.29, 0.717) is 24.4 Å². The molecule has 2 fully saturated rings. The van der Waals surface area contributed by atoms with E-state index in [1.807, 2.05) is 12.1 Å². The zero-order chi connectivity index (χ0) is 16.0. The van der Waals surface area contributed by atoms with Crippen LogP contribution < -0.4 is 10.6 Å². The quantitative estimate of drug-likeness (QED) is 0.781. The molecule has 0 saturated carbocycles. The van der Waals surface area contributed by atoms with Gasteiger partial charge in [0.1, 0.15) is 6.04 Å². The molecule has 3 aliphatic heterocycles. The van der Waals surface area contributed by atoms with Crippen LogP contribution >= 0.6 is 0 Å². The molecule has 4 rings (SSSR count). The summed E-state index contributed by atoms with van der Waals surface area (Å²) in [7, 11) is 0. The standard InChI is InChI=1S/C17H19N3O3/c21-15-4-3-14(16(22)19-15)20-9-12-7-10(11-5-6-18-8-11)1-2-13(12)17(20)23/h1-2,7,11,14,18H,3-6,8-9H2,(H,19,21,22)/t11-,14?/m0/s1. The highest BCUT2D eigenvalue weighted by atomic mass is 16.2. The molecule has 0 bridgehead atoms. The molecule has 0 spiro atoms. The fraction of sp³-hybridized carbons (Fsp3) is 0.471. The molecule has 3 heterocycles. The van der Waals surface area contributed by atoms with Crippen molar-refractivity contribution in [1.29, 1.82) is 0 Å². The first kappa shape index (κ1) is 14.4. The van der Waals surface area contributed by atoms with Gasteiger partial charge in [0.15, 0.2) is 0 Å². The van der Waals surface area contributed by atoms with E-state index in [2.05, 4.69) is 16.7 Å². The van der Waals surface area contributed by atoms with Crippen LogP contribution in [0.5, 0.6) is 0 Å². The molecular formula is C17H19N3O3. The summed E-state index contributed by atoms with van der Waals surface area (Å²) in [4.78, 5) is 37.5. The molecule has 6 nitrogen and oxygen atoms in total. The number of carbonyl (C=O) groups is 3. The highest BCUT2D eigenvalue weighted by molar-refractivity contribution is 6.05. The van der Waals surface area contributed by atoms with Gasteiger partial charge in [-0.15, -0.1) is 0 Å². The highest BCUT2D eigenvalue weighted by Gasteiger charge is 2.39. The second-order valence-electron chi connectivity index (χ2n) is 6.51. The average molecular weight is 313 g/mol. The summed E-state index contributed by atoms with van der Waals surface area (Å²) in [6, 6.07) is 5.49. The minimum absolute atomic E-state index is 0.106. The van der Waals surface area contributed by atoms with Gasteiger partial charge in [0.05, 0.1) is 0 Å². The molecule has 0 aliphatic carbocycles. The number of imide groups is 1. The molecular weight excluding hydrogens is 294 g/mol. The average Bonchev–Trinajstić information content (AvgIpc) is 3.16. The Morgan fingerprint density at radius 3 is 2.74 bits per heavy atom. The predicted octanol–water partition coefficient (Wildman–Crippen LogP) is 0.525. The molecule has 1 aromatic carbocycles. The summed E-state index contributed by atoms with van der Waals surface area (Å²) in [5.74, 6) is -0.222. The normalized spacial score (nSPS) is 27.3. The first-order valence-corrected chi connectivity index (χ1v) is 8.11. The van der Waals surface area contributed by atoms with Crippen LogP contribution in [0.25, 0.3) is 0 Å². The first-order valence-electron chi connectivity index (χ1n) is 8.11. The third-order valence-electron chi connectivity index (χ3n) is 5.08. The van der Waals surface area contributed by atoms with Crippen LogP contribution in [0.15, 0.2) is 18.2 Å². The Bertz CT molecular complexity index is 694. The number of benzene rings is 1. The number of hydrogen-bond acceptors (Lipinski definition) is 4. The first-order chi connectivity index (χ1) is 11.1. The van der Waals surface area contributed by atoms with Crippen LogP contribution in [0.1, 0.15) is 46.7 Å². The van der Waals surface area contributed by atoms with Crippen LogP contribution in [0.2, 0.25) is 0 Å². The number of rotatable bonds is 2. The minimum atomic E-state index is -0.538. The Kier molecular flexibility index (Phi) is 3.41. The smallest absolute Gasteiger partial charge is 0.255 e. The molecule has 1 unspecified atom stereocenters. The van der Waals surface area contributed by atoms with E-state index in [-0.39, 0.29) is 24.1 Å². The third-order valence-corrected chi connectivity index (χ3v) is 5.08. The van der Waals surface area contributed by atoms with Crippen molar-refractivity contribution in [3.05, 3.63) is 34.9 Å². The van der Waals surface area contributed by atoms with Gasteiger partial charge in [-0.2, -0.15) is 0 Å². The van der Waals surface area contributed by atoms with Crippen molar-refractivity contribution < 1.29 is 14.4 Å². The van der Waals surface area contributed by atoms with Gasteiger partial charge in [-0.25, -0.2) is 0 Å². The molecule has 3 amide bonds. The van der Waals surface area contributed by atoms with Crippen LogP contribution in [0.4, 0.5) is 0 Å². The maximum absolute atomic E-state index is 12.6. The van der Waals surface area contributed by atoms with E-state index in [1.54, 1.807) is 4.90 Å². The second-order valence-corrected chi connectivity index (χ2v) is 6.51. The maximum Gasteiger partial charge on any atom is 0.255 e. The molecule has 120 valence electrons. The van der Waals surface area contributed by atoms with Crippen LogP contribution in [-0.4, -0.2) is 41.8 Å². The van der Waals surface area contributed by atoms with Gasteiger partial charge in [0, 0.05) is 25.1 Å². The van der Waals surface area contributed by atoms with Gasteiger partial charge in [-0.1, -0.05) is 12.1 Å². The molecule has 2 atom stereocenters. The topological polar surface area (TPSA) is 78.5 Å². The Labute approximate surface area is 134 Å². The number of nitrogens with one attached hydrogen (secondary N) is 2. The Balaban J connectivity index is 1.57. The number of hydrogen-bond donors (Lipinski definition) is 2. The Morgan fingerprint density at radius 2 is 2.00 bits per heavy atom. The molecule has 3 aliphatic rings. The lowest BCUT2D eigenvalue weighted by atomic mass is 9.95. The van der Waals surface area contributed by atoms with Gasteiger partial charge < -0.3 is 10.2 Å². The molecule has 0 radical (unpaired) electrons. The van der Waals surface area contributed by atoms with Crippen LogP contribution in [0.3, 0.4) is 0 Å². The lowest BCUT2D eigenvalue weighted by Gasteiger charge is -2.29. The van der Waals surface area contributed by atoms with E-state index < -0.39 is 6.04 Å². The summed E-state index contributed by atoms with van der Waals surface area (Å²) >= 11 is 0. The van der Waals surface area contributed by atoms with Crippen molar-refractivity contribution >= 4 is 17.7 Å². The summed E-state index contributed by atoms with van der Waals surface area (Å²) in [5.41, 5.74) is 2.93. The van der Waals surface area contributed by atoms with Crippen LogP contribution in [-0.2, 0) is 16.1 Å². The van der Waals surface area contributed by atoms with Gasteiger partial charge >= 0.3 is 0 Å². The van der Waals surface area contributed by atoms with Gasteiger partial charge in [-0.3, -0.25) is 19.7 Å². The van der Waals surface area contributed by atoms with Crippen LogP contribution in [0, 0.1) is 0 Å². The van der Waals surface area contributed by atoms with Crippen molar-refractivity contribution in [1.82, 2.24) is 15.5 Å². The van der Waals surface area contributed by atoms with Gasteiger partial charge in [0.2, 0.25) is 11.8 Å². The van der Waals surface area contributed by atoms with Crippen molar-refractivity contribution in [2.24, 2.45) is 0 Å². The maximum atomic E-state index is 12.6. The SMILES string of the molecule is O=C1CCC(N2Cc3cc([C@H]4CCNC4)ccc3C2=O)C(=O)N1. The molecule has 23 heavy (non-hydrogen) atoms. The van der Waals surface area contributed by atoms with E-state index >= 15 is 0 Å². The number of carbonyl (C=O) groups excluding carboxylic acids is 3. The Morgan fingerprint density at radius 1 is 1.13 bits per heavy atom. The molecule has 0 aromatic heterocycles. The zero-order valence-corrected chi connectivity index (χ0v) is 12.8. The summed E-state index contributed by atoms with van der Waals surface area (Å²) in [5, 5.41) is 5.69. The summed E-state index contributed by atoms with van der Waals surface area (Å²) in [6.45, 7) is 2.46. The zero-order valence-electron chi connectivity index (χ0n) is 12.8. The monoisotopic (exact) mass is 313 g/mol. The fourth-order valence-corrected chi connectivity index (χ4v) is 3.79. The minimum Gasteiger partial charge on any atom is -0.322 e. The van der Waals surface area contributed by atoms with E-state index in [9.17, 15) is 14.4 Å². The number of piperidine rings is 1. The van der Waals surface area contributed by atoms with Crippen molar-refractivity contribution in [3.8, 4) is 0 Å². The molecule has 2 N–H and O–H groups in total. The number of nitrogens with zero attached hydrogens (tertiary/aromatic N) is 1. The van der Waals surface area contributed by atoms with Gasteiger partial charge in [0.25, 0.3) is 5.91 Å². The van der Waals surface area contributed by atoms with Crippen molar-refractivity contribution in [2.75, 3.05) is 13.1 Å². The molecule has 1 aromatic rings. The summed E-state index contributed by atoms with van der Waals surface area (Å²) in [6.07, 6.45) is 1.81. The van der Waals surface area contributed by atoms with Crippen molar-refractivity contribution in [3.63, 3.8) is 0 Å². The lowest BCUT2D eigenvalue weighted by molar-refractivity contribution is -0.136. The summed E-state index contributed by atoms with van der Waals surface area (Å²) < 4.78 is 0. The fourth-order valence-electron chi connectivity index (χ4n) is 3.79. The molecule has 6 heteroatoms. The lowest BCUT2D eigenvalue weighted by Crippen LogP contribution is -2.52. The van der Waals surface area contributed by atoms with E-state index in [1.165, 1.54) is 5.56 Å². The second kappa shape index (κ2) is 5.45. The Hall–Kier alpha value is -2.21. The highest BCUT2D eigenvalue weighted by Crippen LogP contribution is 2.31. The van der Waals surface area contributed by atoms with Gasteiger partial charge in [-0.05, 0) is 42.5 Å². The number of amides is 3. The molecule has 2 saturated heterocycles. The van der Waals surface area contributed by atoms with E-state index in [0.717, 1.165) is 25.1 Å². The predicted molar refractivity (Wildman–Crippen MR) is 82.7 cm³/mol. The third kappa shape index (κ3) is 2.43. The van der Waals surface area contributed by atoms with Crippen molar-refractivity contribution in [2.45, 2.75) is 37.8 Å². The number of fused-ring (bicyclic) bond motifs is 1. The largest absolute Gasteiger partial charge is 0.322 e.